The number of rotatable bonds is 4. The van der Waals surface area contributed by atoms with Crippen LogP contribution in [-0.4, -0.2) is 22.1 Å². The van der Waals surface area contributed by atoms with Gasteiger partial charge in [-0.25, -0.2) is 9.97 Å². The summed E-state index contributed by atoms with van der Waals surface area (Å²) in [7, 11) is 0. The molecule has 1 N–H and O–H groups in total. The van der Waals surface area contributed by atoms with Crippen molar-refractivity contribution in [1.82, 2.24) is 9.97 Å². The van der Waals surface area contributed by atoms with Crippen LogP contribution in [0.15, 0.2) is 12.4 Å². The second-order valence-electron chi connectivity index (χ2n) is 5.86. The average molecular weight is 263 g/mol. The predicted molar refractivity (Wildman–Crippen MR) is 77.5 cm³/mol. The maximum absolute atomic E-state index is 5.59. The molecule has 1 aromatic rings. The molecule has 0 aliphatic heterocycles. The van der Waals surface area contributed by atoms with Gasteiger partial charge in [-0.15, -0.1) is 0 Å². The molecule has 2 unspecified atom stereocenters. The lowest BCUT2D eigenvalue weighted by atomic mass is 10.0. The van der Waals surface area contributed by atoms with Gasteiger partial charge in [0.05, 0.1) is 6.10 Å². The molecule has 0 saturated heterocycles. The first-order chi connectivity index (χ1) is 9.13. The fraction of sp³-hybridized carbons (Fsp3) is 0.733. The zero-order chi connectivity index (χ0) is 13.7. The van der Waals surface area contributed by atoms with Gasteiger partial charge in [-0.05, 0) is 39.0 Å². The molecule has 0 aromatic carbocycles. The molecule has 1 aliphatic rings. The van der Waals surface area contributed by atoms with Crippen LogP contribution < -0.4 is 10.1 Å². The van der Waals surface area contributed by atoms with E-state index in [1.807, 2.05) is 19.9 Å². The van der Waals surface area contributed by atoms with Gasteiger partial charge in [-0.3, -0.25) is 0 Å². The quantitative estimate of drug-likeness (QED) is 0.842. The molecule has 0 spiro atoms. The van der Waals surface area contributed by atoms with Crippen LogP contribution in [0.5, 0.6) is 5.88 Å². The van der Waals surface area contributed by atoms with Crippen LogP contribution in [0.2, 0.25) is 0 Å². The Labute approximate surface area is 116 Å². The molecule has 2 rings (SSSR count). The largest absolute Gasteiger partial charge is 0.475 e. The summed E-state index contributed by atoms with van der Waals surface area (Å²) in [4.78, 5) is 8.42. The third-order valence-corrected chi connectivity index (χ3v) is 3.61. The summed E-state index contributed by atoms with van der Waals surface area (Å²) in [5, 5.41) is 3.52. The number of ether oxygens (including phenoxy) is 1. The molecule has 4 heteroatoms. The molecule has 0 radical (unpaired) electrons. The summed E-state index contributed by atoms with van der Waals surface area (Å²) in [6.45, 7) is 6.35. The number of hydrogen-bond acceptors (Lipinski definition) is 4. The van der Waals surface area contributed by atoms with E-state index in [0.29, 0.717) is 11.9 Å². The van der Waals surface area contributed by atoms with Crippen molar-refractivity contribution in [1.29, 1.82) is 0 Å². The zero-order valence-electron chi connectivity index (χ0n) is 12.2. The Hall–Kier alpha value is -1.32. The van der Waals surface area contributed by atoms with Gasteiger partial charge < -0.3 is 10.1 Å². The van der Waals surface area contributed by atoms with Crippen LogP contribution in [0.4, 0.5) is 5.82 Å². The van der Waals surface area contributed by atoms with E-state index in [9.17, 15) is 0 Å². The molecular weight excluding hydrogens is 238 g/mol. The zero-order valence-corrected chi connectivity index (χ0v) is 12.2. The Morgan fingerprint density at radius 2 is 2.05 bits per heavy atom. The van der Waals surface area contributed by atoms with E-state index in [4.69, 9.17) is 4.74 Å². The molecule has 106 valence electrons. The normalized spacial score (nSPS) is 24.0. The lowest BCUT2D eigenvalue weighted by Crippen LogP contribution is -2.19. The molecule has 4 nitrogen and oxygen atoms in total. The Kier molecular flexibility index (Phi) is 5.00. The van der Waals surface area contributed by atoms with Crippen molar-refractivity contribution in [3.05, 3.63) is 12.4 Å². The molecule has 19 heavy (non-hydrogen) atoms. The van der Waals surface area contributed by atoms with Crippen molar-refractivity contribution in [3.8, 4) is 5.88 Å². The van der Waals surface area contributed by atoms with Gasteiger partial charge in [0.15, 0.2) is 0 Å². The van der Waals surface area contributed by atoms with E-state index in [1.165, 1.54) is 32.1 Å². The topological polar surface area (TPSA) is 47.0 Å². The van der Waals surface area contributed by atoms with Crippen LogP contribution >= 0.6 is 0 Å². The van der Waals surface area contributed by atoms with Gasteiger partial charge in [0, 0.05) is 12.1 Å². The van der Waals surface area contributed by atoms with Crippen molar-refractivity contribution in [2.24, 2.45) is 5.92 Å². The summed E-state index contributed by atoms with van der Waals surface area (Å²) in [6.07, 6.45) is 8.13. The first kappa shape index (κ1) is 14.1. The first-order valence-electron chi connectivity index (χ1n) is 7.38. The van der Waals surface area contributed by atoms with Crippen LogP contribution in [0.25, 0.3) is 0 Å². The fourth-order valence-corrected chi connectivity index (χ4v) is 2.56. The lowest BCUT2D eigenvalue weighted by molar-refractivity contribution is 0.232. The SMILES string of the molecule is CC1CCCC(Nc2cc(OC(C)C)ncn2)CC1. The highest BCUT2D eigenvalue weighted by molar-refractivity contribution is 5.38. The van der Waals surface area contributed by atoms with Crippen LogP contribution in [-0.2, 0) is 0 Å². The van der Waals surface area contributed by atoms with Crippen LogP contribution in [0.3, 0.4) is 0 Å². The predicted octanol–water partition coefficient (Wildman–Crippen LogP) is 3.64. The molecule has 2 atom stereocenters. The summed E-state index contributed by atoms with van der Waals surface area (Å²) < 4.78 is 5.59. The van der Waals surface area contributed by atoms with Gasteiger partial charge in [0.1, 0.15) is 12.1 Å². The molecular formula is C15H25N3O. The number of aromatic nitrogens is 2. The van der Waals surface area contributed by atoms with Gasteiger partial charge in [-0.2, -0.15) is 0 Å². The Balaban J connectivity index is 1.94. The average Bonchev–Trinajstić information content (AvgIpc) is 2.54. The van der Waals surface area contributed by atoms with Crippen LogP contribution in [0, 0.1) is 5.92 Å². The van der Waals surface area contributed by atoms with E-state index in [-0.39, 0.29) is 6.10 Å². The fourth-order valence-electron chi connectivity index (χ4n) is 2.56. The number of anilines is 1. The minimum atomic E-state index is 0.140. The van der Waals surface area contributed by atoms with Crippen molar-refractivity contribution in [3.63, 3.8) is 0 Å². The summed E-state index contributed by atoms with van der Waals surface area (Å²) in [6, 6.07) is 2.43. The van der Waals surface area contributed by atoms with Gasteiger partial charge in [0.25, 0.3) is 0 Å². The van der Waals surface area contributed by atoms with Crippen LogP contribution in [0.1, 0.15) is 52.9 Å². The van der Waals surface area contributed by atoms with E-state index in [2.05, 4.69) is 22.2 Å². The molecule has 0 amide bonds. The second-order valence-corrected chi connectivity index (χ2v) is 5.86. The molecule has 1 heterocycles. The summed E-state index contributed by atoms with van der Waals surface area (Å²) >= 11 is 0. The van der Waals surface area contributed by atoms with Crippen molar-refractivity contribution >= 4 is 5.82 Å². The Bertz CT molecular complexity index is 395. The molecule has 1 saturated carbocycles. The minimum absolute atomic E-state index is 0.140. The molecule has 0 bridgehead atoms. The second kappa shape index (κ2) is 6.73. The third-order valence-electron chi connectivity index (χ3n) is 3.61. The highest BCUT2D eigenvalue weighted by Crippen LogP contribution is 2.25. The number of nitrogens with one attached hydrogen (secondary N) is 1. The Morgan fingerprint density at radius 1 is 1.21 bits per heavy atom. The molecule has 1 aliphatic carbocycles. The molecule has 1 aromatic heterocycles. The van der Waals surface area contributed by atoms with Crippen molar-refractivity contribution < 1.29 is 4.74 Å². The van der Waals surface area contributed by atoms with Gasteiger partial charge in [-0.1, -0.05) is 19.8 Å². The highest BCUT2D eigenvalue weighted by Gasteiger charge is 2.16. The van der Waals surface area contributed by atoms with E-state index in [0.717, 1.165) is 11.7 Å². The monoisotopic (exact) mass is 263 g/mol. The smallest absolute Gasteiger partial charge is 0.218 e. The lowest BCUT2D eigenvalue weighted by Gasteiger charge is -2.17. The number of hydrogen-bond donors (Lipinski definition) is 1. The maximum Gasteiger partial charge on any atom is 0.218 e. The van der Waals surface area contributed by atoms with E-state index >= 15 is 0 Å². The van der Waals surface area contributed by atoms with E-state index in [1.54, 1.807) is 6.33 Å². The summed E-state index contributed by atoms with van der Waals surface area (Å²) in [5.74, 6) is 2.39. The van der Waals surface area contributed by atoms with Crippen molar-refractivity contribution in [2.45, 2.75) is 65.0 Å². The maximum atomic E-state index is 5.59. The van der Waals surface area contributed by atoms with E-state index < -0.39 is 0 Å². The summed E-state index contributed by atoms with van der Waals surface area (Å²) in [5.41, 5.74) is 0. The Morgan fingerprint density at radius 3 is 2.84 bits per heavy atom. The first-order valence-corrected chi connectivity index (χ1v) is 7.38. The van der Waals surface area contributed by atoms with Gasteiger partial charge >= 0.3 is 0 Å². The van der Waals surface area contributed by atoms with Crippen molar-refractivity contribution in [2.75, 3.05) is 5.32 Å². The standard InChI is InChI=1S/C15H25N3O/c1-11(2)19-15-9-14(16-10-17-15)18-13-6-4-5-12(3)7-8-13/h9-13H,4-8H2,1-3H3,(H,16,17,18). The minimum Gasteiger partial charge on any atom is -0.475 e. The third kappa shape index (κ3) is 4.69. The van der Waals surface area contributed by atoms with Gasteiger partial charge in [0.2, 0.25) is 5.88 Å². The highest BCUT2D eigenvalue weighted by atomic mass is 16.5. The number of nitrogens with zero attached hydrogens (tertiary/aromatic N) is 2. The molecule has 1 fully saturated rings.